The second kappa shape index (κ2) is 5.56. The summed E-state index contributed by atoms with van der Waals surface area (Å²) < 4.78 is 41.6. The minimum Gasteiger partial charge on any atom is -0.326 e. The Hall–Kier alpha value is -0.720. The van der Waals surface area contributed by atoms with Crippen LogP contribution in [0.3, 0.4) is 0 Å². The van der Waals surface area contributed by atoms with E-state index in [4.69, 9.17) is 4.89 Å². The Bertz CT molecular complexity index is 466. The van der Waals surface area contributed by atoms with Crippen LogP contribution in [-0.4, -0.2) is 20.1 Å². The van der Waals surface area contributed by atoms with Crippen LogP contribution in [0, 0.1) is 6.92 Å². The normalized spacial score (nSPS) is 13.6. The van der Waals surface area contributed by atoms with Crippen LogP contribution in [0.25, 0.3) is 0 Å². The minimum atomic E-state index is -3.93. The number of aryl methyl sites for hydroxylation is 1. The zero-order chi connectivity index (χ0) is 12.2. The van der Waals surface area contributed by atoms with Crippen molar-refractivity contribution >= 4 is 18.4 Å². The van der Waals surface area contributed by atoms with E-state index in [1.165, 1.54) is 12.1 Å². The fraction of sp³-hybridized carbons (Fsp3) is 0.250. The topological polar surface area (TPSA) is 89.9 Å². The van der Waals surface area contributed by atoms with Crippen molar-refractivity contribution in [3.05, 3.63) is 29.8 Å². The van der Waals surface area contributed by atoms with Crippen LogP contribution in [0.4, 0.5) is 0 Å². The molecular weight excluding hydrogens is 255 g/mol. The highest BCUT2D eigenvalue weighted by molar-refractivity contribution is 7.86. The van der Waals surface area contributed by atoms with E-state index in [1.807, 2.05) is 6.92 Å². The average Bonchev–Trinajstić information content (AvgIpc) is 2.17. The van der Waals surface area contributed by atoms with Gasteiger partial charge in [0.05, 0.1) is 4.90 Å². The van der Waals surface area contributed by atoms with Gasteiger partial charge in [-0.1, -0.05) is 17.7 Å². The number of hydrogen-bond donors (Lipinski definition) is 1. The maximum absolute atomic E-state index is 11.5. The summed E-state index contributed by atoms with van der Waals surface area (Å²) in [6.07, 6.45) is 0. The van der Waals surface area contributed by atoms with Gasteiger partial charge in [-0.2, -0.15) is 8.42 Å². The molecule has 1 N–H and O–H groups in total. The third-order valence-electron chi connectivity index (χ3n) is 1.70. The zero-order valence-corrected chi connectivity index (χ0v) is 10.2. The maximum atomic E-state index is 11.5. The Labute approximate surface area is 93.9 Å². The Balaban J connectivity index is 2.71. The van der Waals surface area contributed by atoms with Crippen molar-refractivity contribution in [1.82, 2.24) is 0 Å². The smallest absolute Gasteiger partial charge is 0.318 e. The van der Waals surface area contributed by atoms with Gasteiger partial charge in [-0.05, 0) is 19.1 Å². The monoisotopic (exact) mass is 266 g/mol. The van der Waals surface area contributed by atoms with E-state index in [0.29, 0.717) is 0 Å². The summed E-state index contributed by atoms with van der Waals surface area (Å²) in [6.45, 7) is 1.04. The van der Waals surface area contributed by atoms with Crippen molar-refractivity contribution in [3.8, 4) is 0 Å². The molecule has 1 aromatic carbocycles. The van der Waals surface area contributed by atoms with Crippen LogP contribution in [-0.2, 0) is 23.4 Å². The van der Waals surface area contributed by atoms with E-state index in [0.717, 1.165) is 5.56 Å². The summed E-state index contributed by atoms with van der Waals surface area (Å²) in [7, 11) is -7.12. The van der Waals surface area contributed by atoms with Gasteiger partial charge in [-0.25, -0.2) is 4.18 Å². The molecule has 6 nitrogen and oxygen atoms in total. The quantitative estimate of drug-likeness (QED) is 0.487. The molecule has 0 fully saturated rings. The molecular formula is C8H11O6PS. The zero-order valence-electron chi connectivity index (χ0n) is 8.41. The third-order valence-corrected chi connectivity index (χ3v) is 3.32. The van der Waals surface area contributed by atoms with Gasteiger partial charge in [0, 0.05) is 0 Å². The largest absolute Gasteiger partial charge is 0.326 e. The third kappa shape index (κ3) is 4.03. The van der Waals surface area contributed by atoms with E-state index in [9.17, 15) is 13.0 Å². The molecule has 0 saturated carbocycles. The summed E-state index contributed by atoms with van der Waals surface area (Å²) in [6, 6.07) is 6.00. The Morgan fingerprint density at radius 1 is 1.31 bits per heavy atom. The molecule has 90 valence electrons. The average molecular weight is 266 g/mol. The summed E-state index contributed by atoms with van der Waals surface area (Å²) >= 11 is 0. The second-order valence-electron chi connectivity index (χ2n) is 2.91. The summed E-state index contributed by atoms with van der Waals surface area (Å²) in [5.74, 6) is 0. The summed E-state index contributed by atoms with van der Waals surface area (Å²) in [5, 5.41) is 0. The number of benzene rings is 1. The summed E-state index contributed by atoms with van der Waals surface area (Å²) in [5.41, 5.74) is 0.913. The maximum Gasteiger partial charge on any atom is 0.318 e. The highest BCUT2D eigenvalue weighted by Gasteiger charge is 2.14. The molecule has 0 spiro atoms. The van der Waals surface area contributed by atoms with Gasteiger partial charge in [0.1, 0.15) is 0 Å². The van der Waals surface area contributed by atoms with Crippen LogP contribution in [0.2, 0.25) is 0 Å². The molecule has 1 unspecified atom stereocenters. The lowest BCUT2D eigenvalue weighted by Gasteiger charge is -2.04. The minimum absolute atomic E-state index is 0.0284. The molecule has 1 rings (SSSR count). The molecule has 0 heterocycles. The van der Waals surface area contributed by atoms with Gasteiger partial charge >= 0.3 is 8.25 Å². The van der Waals surface area contributed by atoms with E-state index < -0.39 is 25.2 Å². The van der Waals surface area contributed by atoms with Gasteiger partial charge < -0.3 is 4.89 Å². The van der Waals surface area contributed by atoms with E-state index in [2.05, 4.69) is 8.71 Å². The molecule has 0 bridgehead atoms. The molecule has 0 saturated heterocycles. The van der Waals surface area contributed by atoms with E-state index in [-0.39, 0.29) is 4.90 Å². The molecule has 1 atom stereocenters. The molecule has 0 aliphatic carbocycles. The lowest BCUT2D eigenvalue weighted by molar-refractivity contribution is 0.121. The molecule has 0 radical (unpaired) electrons. The Morgan fingerprint density at radius 2 is 1.88 bits per heavy atom. The van der Waals surface area contributed by atoms with Gasteiger partial charge in [0.25, 0.3) is 10.1 Å². The molecule has 1 aromatic rings. The predicted molar refractivity (Wildman–Crippen MR) is 56.6 cm³/mol. The van der Waals surface area contributed by atoms with E-state index in [1.54, 1.807) is 12.1 Å². The molecule has 0 aromatic heterocycles. The lowest BCUT2D eigenvalue weighted by Crippen LogP contribution is -2.07. The predicted octanol–water partition coefficient (Wildman–Crippen LogP) is 1.06. The molecule has 16 heavy (non-hydrogen) atoms. The van der Waals surface area contributed by atoms with Crippen LogP contribution in [0.1, 0.15) is 5.56 Å². The van der Waals surface area contributed by atoms with Crippen molar-refractivity contribution in [2.24, 2.45) is 0 Å². The fourth-order valence-corrected chi connectivity index (χ4v) is 1.94. The SMILES string of the molecule is Cc1ccc(S(=O)(=O)OCO[PH](=O)O)cc1. The second-order valence-corrected chi connectivity index (χ2v) is 5.35. The first kappa shape index (κ1) is 13.3. The highest BCUT2D eigenvalue weighted by atomic mass is 32.2. The first-order valence-corrected chi connectivity index (χ1v) is 6.91. The van der Waals surface area contributed by atoms with Crippen LogP contribution < -0.4 is 0 Å². The van der Waals surface area contributed by atoms with E-state index >= 15 is 0 Å². The van der Waals surface area contributed by atoms with Crippen molar-refractivity contribution < 1.29 is 26.6 Å². The van der Waals surface area contributed by atoms with Gasteiger partial charge in [-0.15, -0.1) is 0 Å². The van der Waals surface area contributed by atoms with Gasteiger partial charge in [0.15, 0.2) is 6.79 Å². The highest BCUT2D eigenvalue weighted by Crippen LogP contribution is 2.17. The van der Waals surface area contributed by atoms with Crippen LogP contribution in [0.5, 0.6) is 0 Å². The Morgan fingerprint density at radius 3 is 2.38 bits per heavy atom. The van der Waals surface area contributed by atoms with Crippen LogP contribution in [0.15, 0.2) is 29.2 Å². The van der Waals surface area contributed by atoms with Crippen molar-refractivity contribution in [3.63, 3.8) is 0 Å². The Kier molecular flexibility index (Phi) is 4.64. The first-order chi connectivity index (χ1) is 7.42. The number of rotatable bonds is 5. The van der Waals surface area contributed by atoms with Crippen molar-refractivity contribution in [1.29, 1.82) is 0 Å². The standard InChI is InChI=1S/C8H11O6PS/c1-7-2-4-8(5-3-7)16(11,12)14-6-13-15(9)10/h2-5,15H,6H2,1H3,(H,9,10). The molecule has 0 amide bonds. The number of hydrogen-bond acceptors (Lipinski definition) is 5. The first-order valence-electron chi connectivity index (χ1n) is 4.23. The fourth-order valence-electron chi connectivity index (χ4n) is 0.911. The summed E-state index contributed by atoms with van der Waals surface area (Å²) in [4.78, 5) is 8.28. The molecule has 0 aliphatic heterocycles. The molecule has 8 heteroatoms. The van der Waals surface area contributed by atoms with Crippen molar-refractivity contribution in [2.45, 2.75) is 11.8 Å². The van der Waals surface area contributed by atoms with Crippen molar-refractivity contribution in [2.75, 3.05) is 6.79 Å². The van der Waals surface area contributed by atoms with Gasteiger partial charge in [0.2, 0.25) is 0 Å². The van der Waals surface area contributed by atoms with Crippen LogP contribution >= 0.6 is 8.25 Å². The molecule has 0 aliphatic rings. The lowest BCUT2D eigenvalue weighted by atomic mass is 10.2. The van der Waals surface area contributed by atoms with Gasteiger partial charge in [-0.3, -0.25) is 9.09 Å².